The van der Waals surface area contributed by atoms with E-state index in [9.17, 15) is 13.2 Å². The van der Waals surface area contributed by atoms with Crippen LogP contribution in [-0.4, -0.2) is 37.3 Å². The molecule has 1 amide bonds. The summed E-state index contributed by atoms with van der Waals surface area (Å²) in [6, 6.07) is 17.9. The minimum atomic E-state index is -3.87. The SMILES string of the molecule is O=C(NCc1csc(-c2ccccc2)n1)C1(S(=O)(=O)c2ccccc2)CCOCC1. The highest BCUT2D eigenvalue weighted by Crippen LogP contribution is 2.35. The van der Waals surface area contributed by atoms with Crippen molar-refractivity contribution in [1.29, 1.82) is 0 Å². The van der Waals surface area contributed by atoms with Gasteiger partial charge in [-0.3, -0.25) is 4.79 Å². The van der Waals surface area contributed by atoms with E-state index in [0.29, 0.717) is 5.69 Å². The first-order valence-electron chi connectivity index (χ1n) is 9.68. The number of carbonyl (C=O) groups is 1. The zero-order valence-electron chi connectivity index (χ0n) is 16.3. The minimum absolute atomic E-state index is 0.127. The number of benzene rings is 2. The summed E-state index contributed by atoms with van der Waals surface area (Å²) in [5, 5.41) is 5.56. The van der Waals surface area contributed by atoms with Crippen molar-refractivity contribution in [2.24, 2.45) is 0 Å². The fourth-order valence-electron chi connectivity index (χ4n) is 3.58. The number of nitrogens with one attached hydrogen (secondary N) is 1. The number of thiazole rings is 1. The van der Waals surface area contributed by atoms with Crippen molar-refractivity contribution in [2.75, 3.05) is 13.2 Å². The summed E-state index contributed by atoms with van der Waals surface area (Å²) >= 11 is 1.49. The molecule has 0 atom stereocenters. The quantitative estimate of drug-likeness (QED) is 0.632. The molecule has 156 valence electrons. The van der Waals surface area contributed by atoms with Gasteiger partial charge in [-0.05, 0) is 25.0 Å². The Bertz CT molecular complexity index is 1110. The lowest BCUT2D eigenvalue weighted by Gasteiger charge is -2.35. The van der Waals surface area contributed by atoms with E-state index >= 15 is 0 Å². The van der Waals surface area contributed by atoms with Crippen LogP contribution in [0.25, 0.3) is 10.6 Å². The maximum Gasteiger partial charge on any atom is 0.242 e. The molecule has 3 aromatic rings. The van der Waals surface area contributed by atoms with Crippen molar-refractivity contribution in [1.82, 2.24) is 10.3 Å². The van der Waals surface area contributed by atoms with Gasteiger partial charge in [-0.25, -0.2) is 13.4 Å². The first-order chi connectivity index (χ1) is 14.5. The van der Waals surface area contributed by atoms with Gasteiger partial charge in [0, 0.05) is 24.2 Å². The summed E-state index contributed by atoms with van der Waals surface area (Å²) in [7, 11) is -3.87. The number of hydrogen-bond acceptors (Lipinski definition) is 6. The topological polar surface area (TPSA) is 85.4 Å². The zero-order valence-corrected chi connectivity index (χ0v) is 17.9. The standard InChI is InChI=1S/C22H22N2O4S2/c25-21(23-15-18-16-29-20(24-18)17-7-3-1-4-8-17)22(11-13-28-14-12-22)30(26,27)19-9-5-2-6-10-19/h1-10,16H,11-15H2,(H,23,25). The van der Waals surface area contributed by atoms with Gasteiger partial charge in [0.05, 0.1) is 17.1 Å². The van der Waals surface area contributed by atoms with E-state index in [2.05, 4.69) is 10.3 Å². The Labute approximate surface area is 179 Å². The fourth-order valence-corrected chi connectivity index (χ4v) is 6.39. The predicted molar refractivity (Wildman–Crippen MR) is 116 cm³/mol. The molecule has 2 heterocycles. The average molecular weight is 443 g/mol. The molecule has 6 nitrogen and oxygen atoms in total. The van der Waals surface area contributed by atoms with E-state index in [0.717, 1.165) is 10.6 Å². The molecule has 1 N–H and O–H groups in total. The molecule has 30 heavy (non-hydrogen) atoms. The molecule has 0 spiro atoms. The highest BCUT2D eigenvalue weighted by atomic mass is 32.2. The molecule has 1 saturated heterocycles. The third-order valence-electron chi connectivity index (χ3n) is 5.28. The molecule has 1 aliphatic heterocycles. The van der Waals surface area contributed by atoms with Gasteiger partial charge in [0.2, 0.25) is 5.91 Å². The van der Waals surface area contributed by atoms with Crippen LogP contribution in [0.3, 0.4) is 0 Å². The molecule has 1 fully saturated rings. The van der Waals surface area contributed by atoms with Crippen molar-refractivity contribution in [3.63, 3.8) is 0 Å². The summed E-state index contributed by atoms with van der Waals surface area (Å²) in [6.45, 7) is 0.637. The number of hydrogen-bond donors (Lipinski definition) is 1. The van der Waals surface area contributed by atoms with Crippen LogP contribution in [0.2, 0.25) is 0 Å². The van der Waals surface area contributed by atoms with E-state index in [1.165, 1.54) is 23.5 Å². The van der Waals surface area contributed by atoms with Crippen LogP contribution in [0, 0.1) is 0 Å². The maximum absolute atomic E-state index is 13.4. The van der Waals surface area contributed by atoms with Crippen LogP contribution >= 0.6 is 11.3 Å². The largest absolute Gasteiger partial charge is 0.381 e. The zero-order chi connectivity index (χ0) is 21.0. The molecule has 1 aliphatic rings. The van der Waals surface area contributed by atoms with Gasteiger partial charge in [-0.2, -0.15) is 0 Å². The number of aromatic nitrogens is 1. The Morgan fingerprint density at radius 3 is 2.33 bits per heavy atom. The molecular weight excluding hydrogens is 420 g/mol. The Morgan fingerprint density at radius 1 is 1.03 bits per heavy atom. The second-order valence-corrected chi connectivity index (χ2v) is 10.2. The molecule has 2 aromatic carbocycles. The van der Waals surface area contributed by atoms with Gasteiger partial charge >= 0.3 is 0 Å². The van der Waals surface area contributed by atoms with Crippen molar-refractivity contribution < 1.29 is 17.9 Å². The molecule has 0 unspecified atom stereocenters. The molecule has 0 aliphatic carbocycles. The molecule has 1 aromatic heterocycles. The highest BCUT2D eigenvalue weighted by Gasteiger charge is 2.52. The number of amides is 1. The molecule has 8 heteroatoms. The Hall–Kier alpha value is -2.55. The number of sulfone groups is 1. The van der Waals surface area contributed by atoms with E-state index in [1.807, 2.05) is 35.7 Å². The van der Waals surface area contributed by atoms with E-state index < -0.39 is 20.5 Å². The van der Waals surface area contributed by atoms with Crippen molar-refractivity contribution in [2.45, 2.75) is 29.0 Å². The van der Waals surface area contributed by atoms with E-state index in [-0.39, 0.29) is 37.5 Å². The van der Waals surface area contributed by atoms with E-state index in [4.69, 9.17) is 4.74 Å². The van der Waals surface area contributed by atoms with Gasteiger partial charge < -0.3 is 10.1 Å². The normalized spacial score (nSPS) is 16.1. The van der Waals surface area contributed by atoms with Crippen LogP contribution in [0.5, 0.6) is 0 Å². The maximum atomic E-state index is 13.4. The number of ether oxygens (including phenoxy) is 1. The Morgan fingerprint density at radius 2 is 1.67 bits per heavy atom. The number of rotatable bonds is 6. The van der Waals surface area contributed by atoms with Crippen molar-refractivity contribution in [3.8, 4) is 10.6 Å². The summed E-state index contributed by atoms with van der Waals surface area (Å²) in [5.74, 6) is -0.496. The Balaban J connectivity index is 1.55. The van der Waals surface area contributed by atoms with Crippen molar-refractivity contribution >= 4 is 27.1 Å². The minimum Gasteiger partial charge on any atom is -0.381 e. The van der Waals surface area contributed by atoms with E-state index in [1.54, 1.807) is 18.2 Å². The lowest BCUT2D eigenvalue weighted by atomic mass is 9.98. The lowest BCUT2D eigenvalue weighted by Crippen LogP contribution is -2.55. The smallest absolute Gasteiger partial charge is 0.242 e. The van der Waals surface area contributed by atoms with Gasteiger partial charge in [0.25, 0.3) is 0 Å². The third kappa shape index (κ3) is 3.90. The van der Waals surface area contributed by atoms with Gasteiger partial charge in [-0.1, -0.05) is 48.5 Å². The number of carbonyl (C=O) groups excluding carboxylic acids is 1. The molecule has 0 radical (unpaired) electrons. The van der Waals surface area contributed by atoms with Gasteiger partial charge in [-0.15, -0.1) is 11.3 Å². The number of nitrogens with zero attached hydrogens (tertiary/aromatic N) is 1. The molecular formula is C22H22N2O4S2. The van der Waals surface area contributed by atoms with Gasteiger partial charge in [0.1, 0.15) is 5.01 Å². The summed E-state index contributed by atoms with van der Waals surface area (Å²) < 4.78 is 30.7. The average Bonchev–Trinajstić information content (AvgIpc) is 3.28. The molecule has 4 rings (SSSR count). The fraction of sp³-hybridized carbons (Fsp3) is 0.273. The van der Waals surface area contributed by atoms with Crippen LogP contribution in [0.1, 0.15) is 18.5 Å². The first-order valence-corrected chi connectivity index (χ1v) is 12.0. The van der Waals surface area contributed by atoms with Gasteiger partial charge in [0.15, 0.2) is 14.6 Å². The Kier molecular flexibility index (Phi) is 5.99. The second kappa shape index (κ2) is 8.67. The second-order valence-electron chi connectivity index (χ2n) is 7.12. The van der Waals surface area contributed by atoms with Crippen LogP contribution in [0.15, 0.2) is 70.9 Å². The summed E-state index contributed by atoms with van der Waals surface area (Å²) in [6.07, 6.45) is 0.255. The molecule has 0 saturated carbocycles. The monoisotopic (exact) mass is 442 g/mol. The summed E-state index contributed by atoms with van der Waals surface area (Å²) in [4.78, 5) is 17.9. The first kappa shape index (κ1) is 20.7. The summed E-state index contributed by atoms with van der Waals surface area (Å²) in [5.41, 5.74) is 1.71. The molecule has 0 bridgehead atoms. The highest BCUT2D eigenvalue weighted by molar-refractivity contribution is 7.93. The van der Waals surface area contributed by atoms with Crippen LogP contribution in [0.4, 0.5) is 0 Å². The third-order valence-corrected chi connectivity index (χ3v) is 8.74. The lowest BCUT2D eigenvalue weighted by molar-refractivity contribution is -0.126. The predicted octanol–water partition coefficient (Wildman–Crippen LogP) is 3.45. The van der Waals surface area contributed by atoms with Crippen LogP contribution in [-0.2, 0) is 25.9 Å². The van der Waals surface area contributed by atoms with Crippen LogP contribution < -0.4 is 5.32 Å². The van der Waals surface area contributed by atoms with Crippen molar-refractivity contribution in [3.05, 3.63) is 71.7 Å².